The second-order valence-corrected chi connectivity index (χ2v) is 7.65. The van der Waals surface area contributed by atoms with Crippen LogP contribution in [0.3, 0.4) is 0 Å². The molecule has 9 heteroatoms. The van der Waals surface area contributed by atoms with Gasteiger partial charge in [-0.25, -0.2) is 0 Å². The van der Waals surface area contributed by atoms with Crippen LogP contribution in [0.5, 0.6) is 0 Å². The number of aromatic nitrogens is 2. The number of hydrogen-bond donors (Lipinski definition) is 1. The Hall–Kier alpha value is -2.03. The van der Waals surface area contributed by atoms with Gasteiger partial charge in [-0.15, -0.1) is 0 Å². The van der Waals surface area contributed by atoms with Crippen molar-refractivity contribution in [2.24, 2.45) is 0 Å². The Balaban J connectivity index is 0.000000183. The van der Waals surface area contributed by atoms with Crippen molar-refractivity contribution in [3.8, 4) is 0 Å². The Kier molecular flexibility index (Phi) is 9.50. The van der Waals surface area contributed by atoms with Crippen LogP contribution in [0.4, 0.5) is 0 Å². The van der Waals surface area contributed by atoms with Crippen LogP contribution in [-0.2, 0) is 29.1 Å². The zero-order valence-electron chi connectivity index (χ0n) is 14.8. The number of carbonyl (C=O) groups excluding carboxylic acids is 1. The standard InChI is InChI=1S/C10H8BrNO.C10H6BrNO.Mn.2O/c2*11-9-1-2-10-8(4-9)3-7(6-13)5-12-10;;;/h1-5,13H,6H2;1-6H;;;. The summed E-state index contributed by atoms with van der Waals surface area (Å²) in [5.74, 6) is 0. The molecule has 0 bridgehead atoms. The van der Waals surface area contributed by atoms with Crippen LogP contribution in [0, 0.1) is 0 Å². The van der Waals surface area contributed by atoms with Crippen molar-refractivity contribution in [1.29, 1.82) is 0 Å². The van der Waals surface area contributed by atoms with E-state index < -0.39 is 14.8 Å². The van der Waals surface area contributed by atoms with Crippen LogP contribution in [0.2, 0.25) is 0 Å². The molecule has 0 aliphatic heterocycles. The van der Waals surface area contributed by atoms with Crippen molar-refractivity contribution in [3.63, 3.8) is 0 Å². The zero-order chi connectivity index (χ0) is 21.2. The molecule has 1 N–H and O–H groups in total. The predicted octanol–water partition coefficient (Wildman–Crippen LogP) is 5.06. The first-order valence-electron chi connectivity index (χ1n) is 8.05. The number of aliphatic hydroxyl groups is 1. The van der Waals surface area contributed by atoms with Gasteiger partial charge < -0.3 is 5.11 Å². The van der Waals surface area contributed by atoms with E-state index in [-0.39, 0.29) is 6.61 Å². The minimum absolute atomic E-state index is 0.0372. The molecular formula is C20H14Br2MnN2O4. The number of pyridine rings is 2. The number of benzene rings is 2. The summed E-state index contributed by atoms with van der Waals surface area (Å²) in [4.78, 5) is 18.8. The van der Waals surface area contributed by atoms with Gasteiger partial charge in [0.05, 0.1) is 17.6 Å². The van der Waals surface area contributed by atoms with Gasteiger partial charge in [0.2, 0.25) is 0 Å². The number of aliphatic hydroxyl groups excluding tert-OH is 1. The van der Waals surface area contributed by atoms with E-state index >= 15 is 0 Å². The Morgan fingerprint density at radius 2 is 1.38 bits per heavy atom. The van der Waals surface area contributed by atoms with Gasteiger partial charge in [0, 0.05) is 37.7 Å². The normalized spacial score (nSPS) is 9.76. The Morgan fingerprint density at radius 1 is 0.862 bits per heavy atom. The van der Waals surface area contributed by atoms with Gasteiger partial charge in [-0.1, -0.05) is 31.9 Å². The Morgan fingerprint density at radius 3 is 1.90 bits per heavy atom. The maximum absolute atomic E-state index is 10.5. The average molecular weight is 561 g/mol. The molecule has 0 aliphatic carbocycles. The van der Waals surface area contributed by atoms with Crippen molar-refractivity contribution in [3.05, 3.63) is 81.0 Å². The number of nitrogens with zero attached hydrogens (tertiary/aromatic N) is 2. The van der Waals surface area contributed by atoms with Crippen LogP contribution >= 0.6 is 31.9 Å². The second-order valence-electron chi connectivity index (χ2n) is 5.63. The fraction of sp³-hybridized carbons (Fsp3) is 0.0500. The Bertz CT molecular complexity index is 1180. The average Bonchev–Trinajstić information content (AvgIpc) is 2.73. The van der Waals surface area contributed by atoms with Gasteiger partial charge in [-0.05, 0) is 54.1 Å². The summed E-state index contributed by atoms with van der Waals surface area (Å²) in [6, 6.07) is 15.4. The van der Waals surface area contributed by atoms with Crippen molar-refractivity contribution >= 4 is 60.0 Å². The van der Waals surface area contributed by atoms with Crippen molar-refractivity contribution in [2.75, 3.05) is 0 Å². The van der Waals surface area contributed by atoms with E-state index in [1.54, 1.807) is 12.4 Å². The molecule has 0 amide bonds. The van der Waals surface area contributed by atoms with E-state index in [1.165, 1.54) is 0 Å². The van der Waals surface area contributed by atoms with E-state index in [0.717, 1.165) is 42.6 Å². The second kappa shape index (κ2) is 11.8. The van der Waals surface area contributed by atoms with Crippen molar-refractivity contribution < 1.29 is 32.4 Å². The van der Waals surface area contributed by atoms with Gasteiger partial charge in [-0.3, -0.25) is 14.8 Å². The number of hydrogen-bond acceptors (Lipinski definition) is 6. The van der Waals surface area contributed by atoms with Gasteiger partial charge in [0.15, 0.2) is 6.29 Å². The topological polar surface area (TPSA) is 97.2 Å². The number of rotatable bonds is 2. The maximum atomic E-state index is 10.5. The van der Waals surface area contributed by atoms with Gasteiger partial charge in [-0.2, -0.15) is 0 Å². The van der Waals surface area contributed by atoms with Gasteiger partial charge in [0.1, 0.15) is 0 Å². The molecule has 2 heterocycles. The SMILES string of the molecule is O=Cc1cnc2ccc(Br)cc2c1.OCc1cnc2ccc(Br)cc2c1.[O]=[Mn]=[O]. The Labute approximate surface area is 189 Å². The van der Waals surface area contributed by atoms with Crippen LogP contribution in [0.1, 0.15) is 15.9 Å². The first kappa shape index (κ1) is 23.3. The quantitative estimate of drug-likeness (QED) is 0.272. The summed E-state index contributed by atoms with van der Waals surface area (Å²) >= 11 is 5.31. The third-order valence-electron chi connectivity index (χ3n) is 3.68. The summed E-state index contributed by atoms with van der Waals surface area (Å²) in [5, 5.41) is 10.9. The molecule has 2 aromatic heterocycles. The predicted molar refractivity (Wildman–Crippen MR) is 112 cm³/mol. The fourth-order valence-electron chi connectivity index (χ4n) is 2.42. The molecule has 4 aromatic rings. The van der Waals surface area contributed by atoms with Gasteiger partial charge in [0.25, 0.3) is 0 Å². The van der Waals surface area contributed by atoms with Crippen LogP contribution in [-0.4, -0.2) is 21.4 Å². The van der Waals surface area contributed by atoms with E-state index in [1.807, 2.05) is 48.5 Å². The third-order valence-corrected chi connectivity index (χ3v) is 4.67. The molecule has 6 nitrogen and oxygen atoms in total. The van der Waals surface area contributed by atoms with E-state index in [0.29, 0.717) is 5.56 Å². The van der Waals surface area contributed by atoms with E-state index in [4.69, 9.17) is 12.8 Å². The summed E-state index contributed by atoms with van der Waals surface area (Å²) < 4.78 is 18.8. The first-order valence-corrected chi connectivity index (χ1v) is 10.6. The molecule has 0 aliphatic rings. The number of fused-ring (bicyclic) bond motifs is 2. The molecule has 29 heavy (non-hydrogen) atoms. The molecular weight excluding hydrogens is 547 g/mol. The summed E-state index contributed by atoms with van der Waals surface area (Å²) in [6.45, 7) is 0.0372. The number of halogens is 2. The van der Waals surface area contributed by atoms with Crippen molar-refractivity contribution in [2.45, 2.75) is 6.61 Å². The monoisotopic (exact) mass is 559 g/mol. The zero-order valence-corrected chi connectivity index (χ0v) is 19.1. The fourth-order valence-corrected chi connectivity index (χ4v) is 3.18. The minimum atomic E-state index is -1.44. The molecule has 4 rings (SSSR count). The van der Waals surface area contributed by atoms with Gasteiger partial charge >= 0.3 is 22.5 Å². The summed E-state index contributed by atoms with van der Waals surface area (Å²) in [7, 11) is 0. The molecule has 0 spiro atoms. The summed E-state index contributed by atoms with van der Waals surface area (Å²) in [6.07, 6.45) is 4.06. The molecule has 0 atom stereocenters. The van der Waals surface area contributed by atoms with E-state index in [9.17, 15) is 4.79 Å². The third kappa shape index (κ3) is 7.06. The van der Waals surface area contributed by atoms with Crippen LogP contribution in [0.25, 0.3) is 21.8 Å². The first-order chi connectivity index (χ1) is 14.0. The number of carbonyl (C=O) groups is 1. The van der Waals surface area contributed by atoms with Crippen LogP contribution in [0.15, 0.2) is 69.9 Å². The van der Waals surface area contributed by atoms with Crippen molar-refractivity contribution in [1.82, 2.24) is 9.97 Å². The molecule has 0 saturated heterocycles. The van der Waals surface area contributed by atoms with Crippen LogP contribution < -0.4 is 0 Å². The number of aldehydes is 1. The van der Waals surface area contributed by atoms with E-state index in [2.05, 4.69) is 41.8 Å². The molecule has 0 saturated carbocycles. The molecule has 0 radical (unpaired) electrons. The molecule has 149 valence electrons. The molecule has 2 aromatic carbocycles. The summed E-state index contributed by atoms with van der Waals surface area (Å²) in [5.41, 5.74) is 3.28. The molecule has 0 unspecified atom stereocenters. The molecule has 0 fully saturated rings.